The minimum Gasteiger partial charge on any atom is -0.496 e. The number of aliphatic hydroxyl groups excluding tert-OH is 2. The van der Waals surface area contributed by atoms with Gasteiger partial charge in [-0.3, -0.25) is 4.79 Å². The maximum Gasteiger partial charge on any atom is 0.251 e. The largest absolute Gasteiger partial charge is 0.496 e. The number of benzene rings is 1. The maximum absolute atomic E-state index is 11.7. The lowest BCUT2D eigenvalue weighted by Crippen LogP contribution is -2.33. The zero-order valence-electron chi connectivity index (χ0n) is 9.31. The first kappa shape index (κ1) is 14.0. The van der Waals surface area contributed by atoms with Gasteiger partial charge in [0.05, 0.1) is 24.3 Å². The van der Waals surface area contributed by atoms with Crippen molar-refractivity contribution in [3.8, 4) is 5.75 Å². The van der Waals surface area contributed by atoms with Crippen molar-refractivity contribution in [3.05, 3.63) is 28.2 Å². The molecule has 0 aliphatic carbocycles. The summed E-state index contributed by atoms with van der Waals surface area (Å²) in [5, 5.41) is 20.2. The Hall–Kier alpha value is -1.11. The Kier molecular flexibility index (Phi) is 5.40. The molecule has 1 amide bonds. The number of nitrogens with one attached hydrogen (secondary N) is 1. The van der Waals surface area contributed by atoms with Crippen molar-refractivity contribution in [2.24, 2.45) is 0 Å². The zero-order valence-corrected chi connectivity index (χ0v) is 10.9. The lowest BCUT2D eigenvalue weighted by atomic mass is 10.2. The molecule has 0 aromatic heterocycles. The summed E-state index contributed by atoms with van der Waals surface area (Å²) >= 11 is 3.27. The number of amides is 1. The SMILES string of the molecule is COc1ccc(C(=O)NCC(O)CO)cc1Br. The van der Waals surface area contributed by atoms with Crippen LogP contribution in [0.1, 0.15) is 10.4 Å². The number of aliphatic hydroxyl groups is 2. The fourth-order valence-corrected chi connectivity index (χ4v) is 1.73. The second-order valence-corrected chi connectivity index (χ2v) is 4.25. The lowest BCUT2D eigenvalue weighted by Gasteiger charge is -2.10. The minimum absolute atomic E-state index is 0.0129. The summed E-state index contributed by atoms with van der Waals surface area (Å²) in [6.07, 6.45) is -0.944. The van der Waals surface area contributed by atoms with E-state index in [4.69, 9.17) is 14.9 Å². The van der Waals surface area contributed by atoms with Crippen LogP contribution in [0.25, 0.3) is 0 Å². The minimum atomic E-state index is -0.944. The van der Waals surface area contributed by atoms with E-state index in [2.05, 4.69) is 21.2 Å². The van der Waals surface area contributed by atoms with Crippen LogP contribution in [0.2, 0.25) is 0 Å². The monoisotopic (exact) mass is 303 g/mol. The summed E-state index contributed by atoms with van der Waals surface area (Å²) in [7, 11) is 1.54. The Bertz CT molecular complexity index is 397. The molecule has 0 spiro atoms. The Morgan fingerprint density at radius 3 is 2.82 bits per heavy atom. The van der Waals surface area contributed by atoms with Gasteiger partial charge in [-0.15, -0.1) is 0 Å². The molecular formula is C11H14BrNO4. The third-order valence-electron chi connectivity index (χ3n) is 2.12. The number of halogens is 1. The van der Waals surface area contributed by atoms with E-state index in [9.17, 15) is 4.79 Å². The molecule has 1 rings (SSSR count). The van der Waals surface area contributed by atoms with Crippen LogP contribution in [0.3, 0.4) is 0 Å². The highest BCUT2D eigenvalue weighted by Gasteiger charge is 2.10. The van der Waals surface area contributed by atoms with Gasteiger partial charge in [-0.05, 0) is 34.1 Å². The number of hydrogen-bond acceptors (Lipinski definition) is 4. The molecule has 0 aliphatic heterocycles. The quantitative estimate of drug-likeness (QED) is 0.742. The Morgan fingerprint density at radius 1 is 1.59 bits per heavy atom. The van der Waals surface area contributed by atoms with E-state index < -0.39 is 6.10 Å². The van der Waals surface area contributed by atoms with Crippen molar-refractivity contribution in [1.82, 2.24) is 5.32 Å². The summed E-state index contributed by atoms with van der Waals surface area (Å²) in [5.41, 5.74) is 0.447. The molecule has 6 heteroatoms. The first-order chi connectivity index (χ1) is 8.08. The highest BCUT2D eigenvalue weighted by Crippen LogP contribution is 2.25. The van der Waals surface area contributed by atoms with Crippen LogP contribution in [0.15, 0.2) is 22.7 Å². The smallest absolute Gasteiger partial charge is 0.251 e. The van der Waals surface area contributed by atoms with Crippen molar-refractivity contribution in [1.29, 1.82) is 0 Å². The van der Waals surface area contributed by atoms with Gasteiger partial charge in [-0.2, -0.15) is 0 Å². The molecule has 0 heterocycles. The van der Waals surface area contributed by atoms with Gasteiger partial charge in [0.25, 0.3) is 5.91 Å². The molecule has 0 aliphatic rings. The number of ether oxygens (including phenoxy) is 1. The average molecular weight is 304 g/mol. The van der Waals surface area contributed by atoms with Crippen LogP contribution >= 0.6 is 15.9 Å². The van der Waals surface area contributed by atoms with E-state index in [1.165, 1.54) is 7.11 Å². The summed E-state index contributed by atoms with van der Waals surface area (Å²) in [6, 6.07) is 4.91. The van der Waals surface area contributed by atoms with E-state index in [1.807, 2.05) is 0 Å². The number of carbonyl (C=O) groups excluding carboxylic acids is 1. The van der Waals surface area contributed by atoms with E-state index in [0.717, 1.165) is 0 Å². The van der Waals surface area contributed by atoms with Crippen LogP contribution in [-0.4, -0.2) is 42.5 Å². The van der Waals surface area contributed by atoms with Gasteiger partial charge < -0.3 is 20.3 Å². The summed E-state index contributed by atoms with van der Waals surface area (Å²) < 4.78 is 5.72. The van der Waals surface area contributed by atoms with E-state index in [0.29, 0.717) is 15.8 Å². The highest BCUT2D eigenvalue weighted by molar-refractivity contribution is 9.10. The molecular weight excluding hydrogens is 290 g/mol. The highest BCUT2D eigenvalue weighted by atomic mass is 79.9. The summed E-state index contributed by atoms with van der Waals surface area (Å²) in [4.78, 5) is 11.7. The molecule has 5 nitrogen and oxygen atoms in total. The molecule has 0 fully saturated rings. The molecule has 1 unspecified atom stereocenters. The Labute approximate surface area is 108 Å². The number of hydrogen-bond donors (Lipinski definition) is 3. The molecule has 0 saturated carbocycles. The van der Waals surface area contributed by atoms with E-state index in [1.54, 1.807) is 18.2 Å². The third kappa shape index (κ3) is 3.99. The summed E-state index contributed by atoms with van der Waals surface area (Å²) in [6.45, 7) is -0.369. The van der Waals surface area contributed by atoms with Crippen molar-refractivity contribution in [3.63, 3.8) is 0 Å². The Morgan fingerprint density at radius 2 is 2.29 bits per heavy atom. The topological polar surface area (TPSA) is 78.8 Å². The van der Waals surface area contributed by atoms with Crippen molar-refractivity contribution < 1.29 is 19.7 Å². The van der Waals surface area contributed by atoms with Gasteiger partial charge in [-0.1, -0.05) is 0 Å². The second-order valence-electron chi connectivity index (χ2n) is 3.40. The fraction of sp³-hybridized carbons (Fsp3) is 0.364. The lowest BCUT2D eigenvalue weighted by molar-refractivity contribution is 0.0802. The molecule has 17 heavy (non-hydrogen) atoms. The van der Waals surface area contributed by atoms with Crippen molar-refractivity contribution >= 4 is 21.8 Å². The standard InChI is InChI=1S/C11H14BrNO4/c1-17-10-3-2-7(4-9(10)12)11(16)13-5-8(15)6-14/h2-4,8,14-15H,5-6H2,1H3,(H,13,16). The fourth-order valence-electron chi connectivity index (χ4n) is 1.18. The molecule has 1 aromatic rings. The molecule has 3 N–H and O–H groups in total. The number of rotatable bonds is 5. The molecule has 0 saturated heterocycles. The van der Waals surface area contributed by atoms with Gasteiger partial charge in [0, 0.05) is 12.1 Å². The van der Waals surface area contributed by atoms with Crippen LogP contribution in [0.4, 0.5) is 0 Å². The third-order valence-corrected chi connectivity index (χ3v) is 2.74. The molecule has 94 valence electrons. The van der Waals surface area contributed by atoms with E-state index in [-0.39, 0.29) is 19.1 Å². The Balaban J connectivity index is 2.66. The van der Waals surface area contributed by atoms with Crippen LogP contribution < -0.4 is 10.1 Å². The molecule has 1 atom stereocenters. The summed E-state index contributed by atoms with van der Waals surface area (Å²) in [5.74, 6) is 0.317. The van der Waals surface area contributed by atoms with Crippen molar-refractivity contribution in [2.75, 3.05) is 20.3 Å². The molecule has 0 radical (unpaired) electrons. The van der Waals surface area contributed by atoms with Crippen molar-refractivity contribution in [2.45, 2.75) is 6.10 Å². The normalized spacial score (nSPS) is 12.0. The first-order valence-electron chi connectivity index (χ1n) is 4.99. The predicted molar refractivity (Wildman–Crippen MR) is 66.1 cm³/mol. The number of carbonyl (C=O) groups is 1. The van der Waals surface area contributed by atoms with E-state index >= 15 is 0 Å². The first-order valence-corrected chi connectivity index (χ1v) is 5.78. The molecule has 1 aromatic carbocycles. The van der Waals surface area contributed by atoms with Gasteiger partial charge in [0.15, 0.2) is 0 Å². The molecule has 0 bridgehead atoms. The van der Waals surface area contributed by atoms with Gasteiger partial charge in [0.1, 0.15) is 5.75 Å². The van der Waals surface area contributed by atoms with Gasteiger partial charge in [0.2, 0.25) is 0 Å². The maximum atomic E-state index is 11.7. The van der Waals surface area contributed by atoms with Gasteiger partial charge >= 0.3 is 0 Å². The number of methoxy groups -OCH3 is 1. The van der Waals surface area contributed by atoms with Crippen LogP contribution in [0, 0.1) is 0 Å². The van der Waals surface area contributed by atoms with Gasteiger partial charge in [-0.25, -0.2) is 0 Å². The van der Waals surface area contributed by atoms with Crippen LogP contribution in [-0.2, 0) is 0 Å². The zero-order chi connectivity index (χ0) is 12.8. The van der Waals surface area contributed by atoms with Crippen LogP contribution in [0.5, 0.6) is 5.75 Å². The second kappa shape index (κ2) is 6.58. The predicted octanol–water partition coefficient (Wildman–Crippen LogP) is 0.541. The average Bonchev–Trinajstić information content (AvgIpc) is 2.35.